The van der Waals surface area contributed by atoms with Crippen LogP contribution < -0.4 is 11.1 Å². The molecule has 3 N–H and O–H groups in total. The SMILES string of the molecule is CCOC(=O)CNc1ccc(C)cc1N. The number of nitrogen functional groups attached to an aromatic ring is 1. The molecule has 0 heterocycles. The zero-order valence-electron chi connectivity index (χ0n) is 9.04. The summed E-state index contributed by atoms with van der Waals surface area (Å²) in [5.41, 5.74) is 8.26. The molecule has 0 aliphatic heterocycles. The second-order valence-corrected chi connectivity index (χ2v) is 3.25. The van der Waals surface area contributed by atoms with Crippen LogP contribution in [0.3, 0.4) is 0 Å². The van der Waals surface area contributed by atoms with Crippen LogP contribution in [0.1, 0.15) is 12.5 Å². The Bertz CT molecular complexity index is 350. The molecule has 0 atom stereocenters. The van der Waals surface area contributed by atoms with Crippen molar-refractivity contribution in [3.8, 4) is 0 Å². The summed E-state index contributed by atoms with van der Waals surface area (Å²) in [5, 5.41) is 2.93. The van der Waals surface area contributed by atoms with Crippen LogP contribution in [0.5, 0.6) is 0 Å². The van der Waals surface area contributed by atoms with Gasteiger partial charge in [0.05, 0.1) is 18.0 Å². The number of hydrogen-bond donors (Lipinski definition) is 2. The molecule has 0 fully saturated rings. The predicted molar refractivity (Wildman–Crippen MR) is 60.7 cm³/mol. The van der Waals surface area contributed by atoms with Gasteiger partial charge in [-0.1, -0.05) is 6.07 Å². The number of esters is 1. The summed E-state index contributed by atoms with van der Waals surface area (Å²) >= 11 is 0. The molecular weight excluding hydrogens is 192 g/mol. The first kappa shape index (κ1) is 11.4. The van der Waals surface area contributed by atoms with Crippen molar-refractivity contribution in [3.63, 3.8) is 0 Å². The highest BCUT2D eigenvalue weighted by Gasteiger charge is 2.03. The molecule has 82 valence electrons. The first-order chi connectivity index (χ1) is 7.13. The smallest absolute Gasteiger partial charge is 0.325 e. The summed E-state index contributed by atoms with van der Waals surface area (Å²) in [7, 11) is 0. The van der Waals surface area contributed by atoms with Gasteiger partial charge in [0.2, 0.25) is 0 Å². The number of carbonyl (C=O) groups is 1. The van der Waals surface area contributed by atoms with Crippen molar-refractivity contribution in [2.45, 2.75) is 13.8 Å². The molecule has 0 aliphatic rings. The number of anilines is 2. The van der Waals surface area contributed by atoms with Crippen LogP contribution in [0.15, 0.2) is 18.2 Å². The van der Waals surface area contributed by atoms with Crippen LogP contribution in [0.2, 0.25) is 0 Å². The van der Waals surface area contributed by atoms with Crippen molar-refractivity contribution in [3.05, 3.63) is 23.8 Å². The molecule has 0 radical (unpaired) electrons. The van der Waals surface area contributed by atoms with E-state index in [2.05, 4.69) is 5.32 Å². The Labute approximate surface area is 89.4 Å². The van der Waals surface area contributed by atoms with Gasteiger partial charge in [0.15, 0.2) is 0 Å². The van der Waals surface area contributed by atoms with E-state index in [4.69, 9.17) is 10.5 Å². The molecule has 15 heavy (non-hydrogen) atoms. The van der Waals surface area contributed by atoms with E-state index >= 15 is 0 Å². The van der Waals surface area contributed by atoms with Gasteiger partial charge < -0.3 is 15.8 Å². The lowest BCUT2D eigenvalue weighted by Crippen LogP contribution is -2.17. The van der Waals surface area contributed by atoms with Gasteiger partial charge in [-0.15, -0.1) is 0 Å². The van der Waals surface area contributed by atoms with Gasteiger partial charge >= 0.3 is 5.97 Å². The highest BCUT2D eigenvalue weighted by atomic mass is 16.5. The summed E-state index contributed by atoms with van der Waals surface area (Å²) in [5.74, 6) is -0.280. The minimum atomic E-state index is -0.280. The largest absolute Gasteiger partial charge is 0.465 e. The summed E-state index contributed by atoms with van der Waals surface area (Å²) in [4.78, 5) is 11.1. The highest BCUT2D eigenvalue weighted by molar-refractivity contribution is 5.77. The van der Waals surface area contributed by atoms with Crippen LogP contribution in [0, 0.1) is 6.92 Å². The van der Waals surface area contributed by atoms with Crippen LogP contribution in [-0.2, 0) is 9.53 Å². The van der Waals surface area contributed by atoms with Crippen LogP contribution in [0.25, 0.3) is 0 Å². The number of hydrogen-bond acceptors (Lipinski definition) is 4. The lowest BCUT2D eigenvalue weighted by molar-refractivity contribution is -0.140. The Balaban J connectivity index is 2.54. The van der Waals surface area contributed by atoms with Crippen LogP contribution in [0.4, 0.5) is 11.4 Å². The van der Waals surface area contributed by atoms with Crippen molar-refractivity contribution in [1.82, 2.24) is 0 Å². The van der Waals surface area contributed by atoms with Gasteiger partial charge in [-0.3, -0.25) is 4.79 Å². The Morgan fingerprint density at radius 2 is 2.27 bits per heavy atom. The highest BCUT2D eigenvalue weighted by Crippen LogP contribution is 2.18. The summed E-state index contributed by atoms with van der Waals surface area (Å²) in [6.45, 7) is 4.27. The average Bonchev–Trinajstić information content (AvgIpc) is 2.17. The number of carbonyl (C=O) groups excluding carboxylic acids is 1. The number of nitrogens with one attached hydrogen (secondary N) is 1. The molecule has 1 aromatic rings. The van der Waals surface area contributed by atoms with E-state index in [-0.39, 0.29) is 12.5 Å². The van der Waals surface area contributed by atoms with E-state index in [9.17, 15) is 4.79 Å². The molecule has 0 unspecified atom stereocenters. The maximum atomic E-state index is 11.1. The minimum absolute atomic E-state index is 0.140. The van der Waals surface area contributed by atoms with E-state index in [1.807, 2.05) is 25.1 Å². The Kier molecular flexibility index (Phi) is 3.97. The quantitative estimate of drug-likeness (QED) is 0.582. The molecule has 0 amide bonds. The third-order valence-corrected chi connectivity index (χ3v) is 1.94. The van der Waals surface area contributed by atoms with Gasteiger partial charge in [0.1, 0.15) is 6.54 Å². The van der Waals surface area contributed by atoms with Gasteiger partial charge in [0, 0.05) is 0 Å². The fourth-order valence-electron chi connectivity index (χ4n) is 1.22. The standard InChI is InChI=1S/C11H16N2O2/c1-3-15-11(14)7-13-10-5-4-8(2)6-9(10)12/h4-6,13H,3,7,12H2,1-2H3. The average molecular weight is 208 g/mol. The summed E-state index contributed by atoms with van der Waals surface area (Å²) in [6, 6.07) is 5.64. The van der Waals surface area contributed by atoms with Gasteiger partial charge in [-0.2, -0.15) is 0 Å². The minimum Gasteiger partial charge on any atom is -0.465 e. The zero-order chi connectivity index (χ0) is 11.3. The predicted octanol–water partition coefficient (Wildman–Crippen LogP) is 1.55. The maximum absolute atomic E-state index is 11.1. The Morgan fingerprint density at radius 3 is 2.87 bits per heavy atom. The molecule has 1 rings (SSSR count). The van der Waals surface area contributed by atoms with Crippen molar-refractivity contribution < 1.29 is 9.53 Å². The van der Waals surface area contributed by atoms with E-state index in [1.165, 1.54) is 0 Å². The number of ether oxygens (including phenoxy) is 1. The van der Waals surface area contributed by atoms with Crippen molar-refractivity contribution in [2.24, 2.45) is 0 Å². The molecule has 0 aromatic heterocycles. The van der Waals surface area contributed by atoms with Crippen molar-refractivity contribution in [2.75, 3.05) is 24.2 Å². The van der Waals surface area contributed by atoms with E-state index < -0.39 is 0 Å². The number of rotatable bonds is 4. The lowest BCUT2D eigenvalue weighted by Gasteiger charge is -2.09. The molecular formula is C11H16N2O2. The Hall–Kier alpha value is -1.71. The fraction of sp³-hybridized carbons (Fsp3) is 0.364. The van der Waals surface area contributed by atoms with E-state index in [0.717, 1.165) is 11.3 Å². The molecule has 0 saturated carbocycles. The summed E-state index contributed by atoms with van der Waals surface area (Å²) < 4.78 is 4.78. The van der Waals surface area contributed by atoms with Gasteiger partial charge in [-0.25, -0.2) is 0 Å². The number of benzene rings is 1. The zero-order valence-corrected chi connectivity index (χ0v) is 9.04. The van der Waals surface area contributed by atoms with Crippen molar-refractivity contribution in [1.29, 1.82) is 0 Å². The van der Waals surface area contributed by atoms with E-state index in [1.54, 1.807) is 6.92 Å². The van der Waals surface area contributed by atoms with Crippen molar-refractivity contribution >= 4 is 17.3 Å². The fourth-order valence-corrected chi connectivity index (χ4v) is 1.22. The normalized spacial score (nSPS) is 9.73. The summed E-state index contributed by atoms with van der Waals surface area (Å²) in [6.07, 6.45) is 0. The topological polar surface area (TPSA) is 64.3 Å². The molecule has 0 aliphatic carbocycles. The third-order valence-electron chi connectivity index (χ3n) is 1.94. The second-order valence-electron chi connectivity index (χ2n) is 3.25. The molecule has 0 saturated heterocycles. The molecule has 0 bridgehead atoms. The number of nitrogens with two attached hydrogens (primary N) is 1. The van der Waals surface area contributed by atoms with Crippen LogP contribution >= 0.6 is 0 Å². The van der Waals surface area contributed by atoms with Crippen LogP contribution in [-0.4, -0.2) is 19.1 Å². The number of aryl methyl sites for hydroxylation is 1. The first-order valence-electron chi connectivity index (χ1n) is 4.89. The monoisotopic (exact) mass is 208 g/mol. The third kappa shape index (κ3) is 3.50. The van der Waals surface area contributed by atoms with Gasteiger partial charge in [-0.05, 0) is 31.5 Å². The lowest BCUT2D eigenvalue weighted by atomic mass is 10.2. The van der Waals surface area contributed by atoms with E-state index in [0.29, 0.717) is 12.3 Å². The maximum Gasteiger partial charge on any atom is 0.325 e. The molecule has 0 spiro atoms. The van der Waals surface area contributed by atoms with Gasteiger partial charge in [0.25, 0.3) is 0 Å². The Morgan fingerprint density at radius 1 is 1.53 bits per heavy atom. The first-order valence-corrected chi connectivity index (χ1v) is 4.89. The molecule has 1 aromatic carbocycles. The second kappa shape index (κ2) is 5.24. The molecule has 4 nitrogen and oxygen atoms in total. The molecule has 4 heteroatoms.